The van der Waals surface area contributed by atoms with E-state index < -0.39 is 35.1 Å². The highest BCUT2D eigenvalue weighted by atomic mass is 35.5. The zero-order valence-corrected chi connectivity index (χ0v) is 19.0. The van der Waals surface area contributed by atoms with Crippen LogP contribution >= 0.6 is 22.9 Å². The van der Waals surface area contributed by atoms with Crippen molar-refractivity contribution in [2.45, 2.75) is 52.7 Å². The van der Waals surface area contributed by atoms with Gasteiger partial charge in [0.2, 0.25) is 5.91 Å². The second kappa shape index (κ2) is 9.24. The second-order valence-electron chi connectivity index (χ2n) is 7.83. The van der Waals surface area contributed by atoms with Gasteiger partial charge < -0.3 is 15.8 Å². The third-order valence-electron chi connectivity index (χ3n) is 4.17. The third kappa shape index (κ3) is 5.87. The van der Waals surface area contributed by atoms with Gasteiger partial charge in [0.1, 0.15) is 16.4 Å². The van der Waals surface area contributed by atoms with Gasteiger partial charge in [0.25, 0.3) is 0 Å². The van der Waals surface area contributed by atoms with Gasteiger partial charge in [0, 0.05) is 9.90 Å². The zero-order chi connectivity index (χ0) is 22.8. The van der Waals surface area contributed by atoms with Gasteiger partial charge in [-0.3, -0.25) is 14.4 Å². The van der Waals surface area contributed by atoms with Crippen molar-refractivity contribution < 1.29 is 23.5 Å². The Labute approximate surface area is 183 Å². The molecule has 1 amide bonds. The van der Waals surface area contributed by atoms with E-state index in [1.807, 2.05) is 0 Å². The summed E-state index contributed by atoms with van der Waals surface area (Å²) in [6.45, 7) is 8.62. The lowest BCUT2D eigenvalue weighted by molar-refractivity contribution is -0.155. The van der Waals surface area contributed by atoms with Gasteiger partial charge in [-0.05, 0) is 58.4 Å². The predicted molar refractivity (Wildman–Crippen MR) is 116 cm³/mol. The Hall–Kier alpha value is -2.29. The number of nitrogens with one attached hydrogen (secondary N) is 1. The monoisotopic (exact) mass is 454 g/mol. The van der Waals surface area contributed by atoms with Crippen LogP contribution in [0.5, 0.6) is 0 Å². The largest absolute Gasteiger partial charge is 0.460 e. The Morgan fingerprint density at radius 3 is 2.47 bits per heavy atom. The van der Waals surface area contributed by atoms with Crippen LogP contribution in [0.25, 0.3) is 0 Å². The van der Waals surface area contributed by atoms with Crippen molar-refractivity contribution in [1.82, 2.24) is 0 Å². The van der Waals surface area contributed by atoms with Crippen molar-refractivity contribution in [3.8, 4) is 0 Å². The van der Waals surface area contributed by atoms with E-state index in [2.05, 4.69) is 5.32 Å². The molecule has 2 rings (SSSR count). The Balaban J connectivity index is 2.25. The first-order chi connectivity index (χ1) is 13.8. The van der Waals surface area contributed by atoms with Gasteiger partial charge in [-0.25, -0.2) is 4.39 Å². The minimum Gasteiger partial charge on any atom is -0.460 e. The SMILES string of the molecule is Cc1sc(NC(=O)C(N)CC(=O)OC(C)(C)C)c(C(=O)c2ccc(Cl)cc2F)c1C. The first-order valence-corrected chi connectivity index (χ1v) is 10.4. The van der Waals surface area contributed by atoms with E-state index in [1.165, 1.54) is 23.5 Å². The molecule has 1 heterocycles. The van der Waals surface area contributed by atoms with Crippen LogP contribution < -0.4 is 11.1 Å². The van der Waals surface area contributed by atoms with E-state index in [4.69, 9.17) is 22.1 Å². The lowest BCUT2D eigenvalue weighted by atomic mass is 10.0. The Kier molecular flexibility index (Phi) is 7.39. The van der Waals surface area contributed by atoms with E-state index in [0.29, 0.717) is 5.56 Å². The van der Waals surface area contributed by atoms with Crippen LogP contribution in [-0.4, -0.2) is 29.3 Å². The van der Waals surface area contributed by atoms with Crippen LogP contribution in [0.1, 0.15) is 53.6 Å². The first kappa shape index (κ1) is 24.0. The summed E-state index contributed by atoms with van der Waals surface area (Å²) in [5, 5.41) is 3.01. The molecule has 1 aromatic heterocycles. The third-order valence-corrected chi connectivity index (χ3v) is 5.53. The fraction of sp³-hybridized carbons (Fsp3) is 0.381. The van der Waals surface area contributed by atoms with Crippen LogP contribution in [0.15, 0.2) is 18.2 Å². The number of ether oxygens (including phenoxy) is 1. The number of carbonyl (C=O) groups is 3. The lowest BCUT2D eigenvalue weighted by Crippen LogP contribution is -2.39. The van der Waals surface area contributed by atoms with E-state index in [-0.39, 0.29) is 27.6 Å². The Morgan fingerprint density at radius 2 is 1.90 bits per heavy atom. The maximum absolute atomic E-state index is 14.3. The molecule has 0 aliphatic heterocycles. The molecule has 1 atom stereocenters. The van der Waals surface area contributed by atoms with Crippen molar-refractivity contribution in [3.63, 3.8) is 0 Å². The molecule has 0 saturated heterocycles. The minimum atomic E-state index is -1.17. The molecule has 0 fully saturated rings. The van der Waals surface area contributed by atoms with Crippen molar-refractivity contribution in [2.24, 2.45) is 5.73 Å². The maximum Gasteiger partial charge on any atom is 0.308 e. The molecule has 9 heteroatoms. The summed E-state index contributed by atoms with van der Waals surface area (Å²) in [6.07, 6.45) is -0.318. The number of hydrogen-bond acceptors (Lipinski definition) is 6. The number of aryl methyl sites for hydroxylation is 1. The number of rotatable bonds is 6. The molecule has 3 N–H and O–H groups in total. The molecule has 1 aromatic carbocycles. The van der Waals surface area contributed by atoms with E-state index in [0.717, 1.165) is 10.9 Å². The highest BCUT2D eigenvalue weighted by molar-refractivity contribution is 7.16. The molecule has 6 nitrogen and oxygen atoms in total. The average Bonchev–Trinajstić information content (AvgIpc) is 2.86. The van der Waals surface area contributed by atoms with E-state index in [9.17, 15) is 18.8 Å². The number of halogens is 2. The summed E-state index contributed by atoms with van der Waals surface area (Å²) in [5.41, 5.74) is 5.78. The minimum absolute atomic E-state index is 0.158. The predicted octanol–water partition coefficient (Wildman–Crippen LogP) is 4.39. The molecule has 0 bridgehead atoms. The quantitative estimate of drug-likeness (QED) is 0.498. The summed E-state index contributed by atoms with van der Waals surface area (Å²) in [5.74, 6) is -2.59. The summed E-state index contributed by atoms with van der Waals surface area (Å²) in [7, 11) is 0. The summed E-state index contributed by atoms with van der Waals surface area (Å²) in [4.78, 5) is 38.2. The number of benzene rings is 1. The first-order valence-electron chi connectivity index (χ1n) is 9.18. The number of nitrogens with two attached hydrogens (primary N) is 1. The molecule has 2 aromatic rings. The fourth-order valence-electron chi connectivity index (χ4n) is 2.66. The molecule has 30 heavy (non-hydrogen) atoms. The summed E-state index contributed by atoms with van der Waals surface area (Å²) in [6, 6.07) is 2.60. The number of hydrogen-bond donors (Lipinski definition) is 2. The molecule has 162 valence electrons. The van der Waals surface area contributed by atoms with E-state index in [1.54, 1.807) is 34.6 Å². The molecular weight excluding hydrogens is 431 g/mol. The highest BCUT2D eigenvalue weighted by Gasteiger charge is 2.27. The van der Waals surface area contributed by atoms with Crippen LogP contribution in [0.3, 0.4) is 0 Å². The van der Waals surface area contributed by atoms with Crippen LogP contribution in [0, 0.1) is 19.7 Å². The van der Waals surface area contributed by atoms with Crippen molar-refractivity contribution in [1.29, 1.82) is 0 Å². The van der Waals surface area contributed by atoms with Gasteiger partial charge in [-0.1, -0.05) is 11.6 Å². The standard InChI is InChI=1S/C21H24ClFN2O4S/c1-10-11(2)30-20(17(10)18(27)13-7-6-12(22)8-14(13)23)25-19(28)15(24)9-16(26)29-21(3,4)5/h6-8,15H,9,24H2,1-5H3,(H,25,28). The molecule has 0 saturated carbocycles. The van der Waals surface area contributed by atoms with Crippen molar-refractivity contribution in [3.05, 3.63) is 50.6 Å². The van der Waals surface area contributed by atoms with Gasteiger partial charge in [-0.2, -0.15) is 0 Å². The normalized spacial score (nSPS) is 12.4. The molecular formula is C21H24ClFN2O4S. The number of carbonyl (C=O) groups excluding carboxylic acids is 3. The number of esters is 1. The molecule has 1 unspecified atom stereocenters. The topological polar surface area (TPSA) is 98.5 Å². The highest BCUT2D eigenvalue weighted by Crippen LogP contribution is 2.35. The second-order valence-corrected chi connectivity index (χ2v) is 9.49. The Bertz CT molecular complexity index is 998. The van der Waals surface area contributed by atoms with Gasteiger partial charge >= 0.3 is 5.97 Å². The number of ketones is 1. The average molecular weight is 455 g/mol. The zero-order valence-electron chi connectivity index (χ0n) is 17.4. The molecule has 0 aliphatic rings. The van der Waals surface area contributed by atoms with E-state index >= 15 is 0 Å². The fourth-order valence-corrected chi connectivity index (χ4v) is 3.88. The molecule has 0 aliphatic carbocycles. The molecule has 0 spiro atoms. The van der Waals surface area contributed by atoms with Gasteiger partial charge in [-0.15, -0.1) is 11.3 Å². The number of thiophene rings is 1. The maximum atomic E-state index is 14.3. The van der Waals surface area contributed by atoms with Gasteiger partial charge in [0.15, 0.2) is 5.78 Å². The van der Waals surface area contributed by atoms with Crippen molar-refractivity contribution in [2.75, 3.05) is 5.32 Å². The number of amides is 1. The van der Waals surface area contributed by atoms with Crippen LogP contribution in [-0.2, 0) is 14.3 Å². The van der Waals surface area contributed by atoms with Crippen molar-refractivity contribution >= 4 is 45.6 Å². The van der Waals surface area contributed by atoms with Gasteiger partial charge in [0.05, 0.1) is 23.6 Å². The summed E-state index contributed by atoms with van der Waals surface area (Å²) < 4.78 is 19.4. The Morgan fingerprint density at radius 1 is 1.27 bits per heavy atom. The lowest BCUT2D eigenvalue weighted by Gasteiger charge is -2.20. The smallest absolute Gasteiger partial charge is 0.308 e. The molecule has 0 radical (unpaired) electrons. The van der Waals surface area contributed by atoms with Crippen LogP contribution in [0.4, 0.5) is 9.39 Å². The summed E-state index contributed by atoms with van der Waals surface area (Å²) >= 11 is 6.94. The number of anilines is 1. The van der Waals surface area contributed by atoms with Crippen LogP contribution in [0.2, 0.25) is 5.02 Å².